The molecule has 0 unspecified atom stereocenters. The second kappa shape index (κ2) is 4.30. The van der Waals surface area contributed by atoms with Gasteiger partial charge in [-0.2, -0.15) is 5.26 Å². The molecule has 4 heteroatoms. The summed E-state index contributed by atoms with van der Waals surface area (Å²) in [6.07, 6.45) is 0. The zero-order valence-electron chi connectivity index (χ0n) is 8.55. The highest BCUT2D eigenvalue weighted by atomic mass is 19.1. The fourth-order valence-corrected chi connectivity index (χ4v) is 1.60. The van der Waals surface area contributed by atoms with Crippen LogP contribution >= 0.6 is 0 Å². The van der Waals surface area contributed by atoms with Crippen LogP contribution in [0.15, 0.2) is 36.4 Å². The molecule has 2 rings (SSSR count). The highest BCUT2D eigenvalue weighted by Crippen LogP contribution is 2.29. The van der Waals surface area contributed by atoms with Crippen molar-refractivity contribution in [3.8, 4) is 17.2 Å². The van der Waals surface area contributed by atoms with Gasteiger partial charge in [0.15, 0.2) is 0 Å². The van der Waals surface area contributed by atoms with Gasteiger partial charge in [0, 0.05) is 17.2 Å². The fourth-order valence-electron chi connectivity index (χ4n) is 1.60. The van der Waals surface area contributed by atoms with Crippen LogP contribution in [-0.4, -0.2) is 0 Å². The molecule has 0 fully saturated rings. The minimum atomic E-state index is -0.952. The van der Waals surface area contributed by atoms with E-state index in [-0.39, 0.29) is 16.7 Å². The summed E-state index contributed by atoms with van der Waals surface area (Å²) >= 11 is 0. The Morgan fingerprint density at radius 2 is 1.65 bits per heavy atom. The lowest BCUT2D eigenvalue weighted by Gasteiger charge is -2.07. The number of rotatable bonds is 1. The van der Waals surface area contributed by atoms with Crippen LogP contribution in [0.1, 0.15) is 5.56 Å². The summed E-state index contributed by atoms with van der Waals surface area (Å²) in [7, 11) is 0. The Kier molecular flexibility index (Phi) is 2.84. The Balaban J connectivity index is 2.77. The Morgan fingerprint density at radius 3 is 2.29 bits per heavy atom. The van der Waals surface area contributed by atoms with Crippen LogP contribution in [-0.2, 0) is 0 Å². The first-order valence-corrected chi connectivity index (χ1v) is 4.77. The van der Waals surface area contributed by atoms with E-state index in [0.717, 1.165) is 12.1 Å². The Morgan fingerprint density at radius 1 is 0.941 bits per heavy atom. The van der Waals surface area contributed by atoms with E-state index in [2.05, 4.69) is 0 Å². The fraction of sp³-hybridized carbons (Fsp3) is 0. The van der Waals surface area contributed by atoms with Crippen molar-refractivity contribution in [2.45, 2.75) is 0 Å². The van der Waals surface area contributed by atoms with Gasteiger partial charge in [0.2, 0.25) is 0 Å². The molecular weight excluding hydrogens is 227 g/mol. The van der Waals surface area contributed by atoms with Gasteiger partial charge >= 0.3 is 0 Å². The van der Waals surface area contributed by atoms with Crippen molar-refractivity contribution in [2.75, 3.05) is 0 Å². The standard InChI is InChI=1S/C13H6F3N/c14-9-5-8(7-17)13(12(16)6-9)10-3-1-2-4-11(10)15/h1-6H. The van der Waals surface area contributed by atoms with E-state index in [1.54, 1.807) is 6.07 Å². The van der Waals surface area contributed by atoms with Gasteiger partial charge in [0.05, 0.1) is 11.6 Å². The molecule has 0 aliphatic carbocycles. The van der Waals surface area contributed by atoms with Gasteiger partial charge in [0.25, 0.3) is 0 Å². The zero-order valence-corrected chi connectivity index (χ0v) is 8.55. The molecule has 0 saturated heterocycles. The topological polar surface area (TPSA) is 23.8 Å². The minimum Gasteiger partial charge on any atom is -0.207 e. The summed E-state index contributed by atoms with van der Waals surface area (Å²) in [4.78, 5) is 0. The number of benzene rings is 2. The average Bonchev–Trinajstić information content (AvgIpc) is 2.29. The molecule has 0 aliphatic rings. The molecule has 0 heterocycles. The van der Waals surface area contributed by atoms with E-state index in [0.29, 0.717) is 6.07 Å². The molecule has 2 aromatic rings. The maximum absolute atomic E-state index is 13.6. The lowest BCUT2D eigenvalue weighted by molar-refractivity contribution is 0.582. The zero-order chi connectivity index (χ0) is 12.4. The Labute approximate surface area is 95.7 Å². The van der Waals surface area contributed by atoms with Gasteiger partial charge in [-0.25, -0.2) is 13.2 Å². The number of hydrogen-bond donors (Lipinski definition) is 0. The first-order chi connectivity index (χ1) is 8.13. The summed E-state index contributed by atoms with van der Waals surface area (Å²) < 4.78 is 40.0. The second-order valence-electron chi connectivity index (χ2n) is 3.40. The lowest BCUT2D eigenvalue weighted by Crippen LogP contribution is -1.94. The molecule has 84 valence electrons. The highest BCUT2D eigenvalue weighted by molar-refractivity contribution is 5.71. The van der Waals surface area contributed by atoms with Crippen molar-refractivity contribution in [2.24, 2.45) is 0 Å². The summed E-state index contributed by atoms with van der Waals surface area (Å²) in [5.41, 5.74) is -0.499. The van der Waals surface area contributed by atoms with Crippen molar-refractivity contribution >= 4 is 0 Å². The van der Waals surface area contributed by atoms with Crippen LogP contribution in [0.5, 0.6) is 0 Å². The monoisotopic (exact) mass is 233 g/mol. The number of nitrogens with zero attached hydrogens (tertiary/aromatic N) is 1. The quantitative estimate of drug-likeness (QED) is 0.737. The molecule has 2 aromatic carbocycles. The average molecular weight is 233 g/mol. The Hall–Kier alpha value is -2.28. The molecule has 0 atom stereocenters. The van der Waals surface area contributed by atoms with E-state index in [1.165, 1.54) is 18.2 Å². The lowest BCUT2D eigenvalue weighted by atomic mass is 9.99. The highest BCUT2D eigenvalue weighted by Gasteiger charge is 2.15. The van der Waals surface area contributed by atoms with E-state index in [4.69, 9.17) is 5.26 Å². The van der Waals surface area contributed by atoms with Gasteiger partial charge in [-0.1, -0.05) is 18.2 Å². The van der Waals surface area contributed by atoms with Gasteiger partial charge in [-0.15, -0.1) is 0 Å². The first-order valence-electron chi connectivity index (χ1n) is 4.77. The third-order valence-electron chi connectivity index (χ3n) is 2.32. The largest absolute Gasteiger partial charge is 0.207 e. The molecule has 0 aliphatic heterocycles. The number of nitriles is 1. The van der Waals surface area contributed by atoms with E-state index < -0.39 is 17.5 Å². The smallest absolute Gasteiger partial charge is 0.135 e. The van der Waals surface area contributed by atoms with Crippen LogP contribution in [0.3, 0.4) is 0 Å². The third-order valence-corrected chi connectivity index (χ3v) is 2.32. The van der Waals surface area contributed by atoms with Crippen LogP contribution in [0, 0.1) is 28.8 Å². The molecular formula is C13H6F3N. The maximum Gasteiger partial charge on any atom is 0.135 e. The minimum absolute atomic E-state index is 0.0541. The molecule has 0 bridgehead atoms. The summed E-state index contributed by atoms with van der Waals surface area (Å²) in [5, 5.41) is 8.81. The second-order valence-corrected chi connectivity index (χ2v) is 3.40. The van der Waals surface area contributed by atoms with Crippen LogP contribution in [0.25, 0.3) is 11.1 Å². The van der Waals surface area contributed by atoms with Gasteiger partial charge in [-0.05, 0) is 12.1 Å². The first kappa shape index (κ1) is 11.2. The van der Waals surface area contributed by atoms with E-state index in [1.807, 2.05) is 0 Å². The van der Waals surface area contributed by atoms with Crippen molar-refractivity contribution in [1.82, 2.24) is 0 Å². The third kappa shape index (κ3) is 2.00. The number of halogens is 3. The van der Waals surface area contributed by atoms with Crippen molar-refractivity contribution in [3.05, 3.63) is 59.4 Å². The predicted octanol–water partition coefficient (Wildman–Crippen LogP) is 3.64. The molecule has 0 N–H and O–H groups in total. The molecule has 0 saturated carbocycles. The molecule has 17 heavy (non-hydrogen) atoms. The SMILES string of the molecule is N#Cc1cc(F)cc(F)c1-c1ccccc1F. The molecule has 0 spiro atoms. The van der Waals surface area contributed by atoms with Gasteiger partial charge in [0.1, 0.15) is 17.5 Å². The molecule has 0 amide bonds. The Bertz CT molecular complexity index is 615. The van der Waals surface area contributed by atoms with E-state index in [9.17, 15) is 13.2 Å². The summed E-state index contributed by atoms with van der Waals surface area (Å²) in [5.74, 6) is -2.47. The van der Waals surface area contributed by atoms with Gasteiger partial charge < -0.3 is 0 Å². The molecule has 0 radical (unpaired) electrons. The normalized spacial score (nSPS) is 10.0. The summed E-state index contributed by atoms with van der Waals surface area (Å²) in [6.45, 7) is 0. The van der Waals surface area contributed by atoms with Crippen molar-refractivity contribution in [3.63, 3.8) is 0 Å². The van der Waals surface area contributed by atoms with Crippen molar-refractivity contribution < 1.29 is 13.2 Å². The summed E-state index contributed by atoms with van der Waals surface area (Å²) in [6, 6.07) is 8.62. The van der Waals surface area contributed by atoms with Crippen molar-refractivity contribution in [1.29, 1.82) is 5.26 Å². The predicted molar refractivity (Wildman–Crippen MR) is 56.5 cm³/mol. The number of hydrogen-bond acceptors (Lipinski definition) is 1. The van der Waals surface area contributed by atoms with Gasteiger partial charge in [-0.3, -0.25) is 0 Å². The van der Waals surface area contributed by atoms with Crippen LogP contribution in [0.4, 0.5) is 13.2 Å². The van der Waals surface area contributed by atoms with Crippen LogP contribution in [0.2, 0.25) is 0 Å². The molecule has 1 nitrogen and oxygen atoms in total. The molecule has 0 aromatic heterocycles. The van der Waals surface area contributed by atoms with Crippen LogP contribution < -0.4 is 0 Å². The maximum atomic E-state index is 13.6. The van der Waals surface area contributed by atoms with E-state index >= 15 is 0 Å².